The molecule has 2 aliphatic rings. The summed E-state index contributed by atoms with van der Waals surface area (Å²) in [5.41, 5.74) is 19.3. The van der Waals surface area contributed by atoms with Gasteiger partial charge in [0.15, 0.2) is 0 Å². The lowest BCUT2D eigenvalue weighted by Crippen LogP contribution is -2.61. The van der Waals surface area contributed by atoms with Crippen LogP contribution in [0.5, 0.6) is 0 Å². The van der Waals surface area contributed by atoms with Gasteiger partial charge in [-0.15, -0.1) is 0 Å². The molecule has 0 bridgehead atoms. The third-order valence-corrected chi connectivity index (χ3v) is 12.5. The molecule has 0 amide bonds. The number of benzene rings is 9. The van der Waals surface area contributed by atoms with Crippen LogP contribution >= 0.6 is 0 Å². The van der Waals surface area contributed by atoms with Gasteiger partial charge in [-0.1, -0.05) is 182 Å². The van der Waals surface area contributed by atoms with Crippen molar-refractivity contribution < 1.29 is 2.74 Å². The first kappa shape index (κ1) is 34.4. The van der Waals surface area contributed by atoms with E-state index >= 15 is 0 Å². The smallest absolute Gasteiger partial charge is 0.252 e. The Bertz CT molecular complexity index is 3170. The van der Waals surface area contributed by atoms with E-state index in [1.54, 1.807) is 6.33 Å². The average molecular weight is 805 g/mol. The van der Waals surface area contributed by atoms with Gasteiger partial charge in [0.05, 0.1) is 14.1 Å². The van der Waals surface area contributed by atoms with E-state index < -0.39 is 0 Å². The van der Waals surface area contributed by atoms with Crippen LogP contribution in [0.3, 0.4) is 0 Å². The number of hydrogen-bond acceptors (Lipinski definition) is 4. The topological polar surface area (TPSA) is 32.3 Å². The Kier molecular flexibility index (Phi) is 8.38. The van der Waals surface area contributed by atoms with Crippen LogP contribution in [0.2, 0.25) is 0 Å². The number of anilines is 6. The molecule has 12 rings (SSSR count). The van der Waals surface area contributed by atoms with E-state index in [4.69, 9.17) is 12.7 Å². The second-order valence-electron chi connectivity index (χ2n) is 16.0. The molecule has 0 saturated heterocycles. The second-order valence-corrected chi connectivity index (χ2v) is 16.0. The van der Waals surface area contributed by atoms with E-state index in [0.717, 1.165) is 106 Å². The molecule has 0 aliphatic carbocycles. The molecule has 0 saturated carbocycles. The van der Waals surface area contributed by atoms with Crippen molar-refractivity contribution in [1.29, 1.82) is 0 Å². The molecule has 0 atom stereocenters. The Morgan fingerprint density at radius 2 is 0.730 bits per heavy atom. The van der Waals surface area contributed by atoms with Gasteiger partial charge >= 0.3 is 0 Å². The van der Waals surface area contributed by atoms with Crippen molar-refractivity contribution in [2.45, 2.75) is 0 Å². The molecule has 5 heteroatoms. The van der Waals surface area contributed by atoms with Gasteiger partial charge in [-0.3, -0.25) is 0 Å². The minimum absolute atomic E-state index is 0.261. The molecule has 1 aromatic heterocycles. The third-order valence-electron chi connectivity index (χ3n) is 12.5. The number of para-hydroxylation sites is 2. The van der Waals surface area contributed by atoms with Crippen molar-refractivity contribution in [3.05, 3.63) is 237 Å². The fourth-order valence-corrected chi connectivity index (χ4v) is 9.62. The molecule has 0 fully saturated rings. The van der Waals surface area contributed by atoms with Gasteiger partial charge in [0.1, 0.15) is 6.33 Å². The molecule has 0 radical (unpaired) electrons. The van der Waals surface area contributed by atoms with Gasteiger partial charge in [-0.05, 0) is 92.7 Å². The predicted molar refractivity (Wildman–Crippen MR) is 263 cm³/mol. The van der Waals surface area contributed by atoms with E-state index in [1.807, 2.05) is 48.5 Å². The molecule has 9 aromatic carbocycles. The van der Waals surface area contributed by atoms with Crippen LogP contribution in [-0.4, -0.2) is 16.7 Å². The Labute approximate surface area is 371 Å². The second kappa shape index (κ2) is 15.3. The van der Waals surface area contributed by atoms with E-state index in [0.29, 0.717) is 12.1 Å². The Balaban J connectivity index is 1.18. The highest BCUT2D eigenvalue weighted by molar-refractivity contribution is 7.00. The van der Waals surface area contributed by atoms with Crippen molar-refractivity contribution in [3.8, 4) is 55.9 Å². The average Bonchev–Trinajstić information content (AvgIpc) is 3.37. The lowest BCUT2D eigenvalue weighted by atomic mass is 9.33. The van der Waals surface area contributed by atoms with Crippen molar-refractivity contribution in [2.24, 2.45) is 0 Å². The fourth-order valence-electron chi connectivity index (χ4n) is 9.62. The van der Waals surface area contributed by atoms with Crippen LogP contribution < -0.4 is 26.2 Å². The quantitative estimate of drug-likeness (QED) is 0.150. The fraction of sp³-hybridized carbons (Fsp3) is 0. The number of fused-ring (bicyclic) bond motifs is 4. The van der Waals surface area contributed by atoms with Crippen LogP contribution in [-0.2, 0) is 0 Å². The Morgan fingerprint density at radius 1 is 0.349 bits per heavy atom. The summed E-state index contributed by atoms with van der Waals surface area (Å²) in [5.74, 6) is 0. The van der Waals surface area contributed by atoms with Gasteiger partial charge in [-0.2, -0.15) is 0 Å². The summed E-state index contributed by atoms with van der Waals surface area (Å²) in [5, 5.41) is 0. The number of hydrogen-bond donors (Lipinski definition) is 0. The zero-order chi connectivity index (χ0) is 43.4. The molecule has 2 aliphatic heterocycles. The molecule has 0 N–H and O–H groups in total. The van der Waals surface area contributed by atoms with Gasteiger partial charge in [0, 0.05) is 50.8 Å². The van der Waals surface area contributed by atoms with Crippen LogP contribution in [0.15, 0.2) is 237 Å². The summed E-state index contributed by atoms with van der Waals surface area (Å²) in [4.78, 5) is 14.8. The molecular weight excluding hydrogens is 763 g/mol. The number of aromatic nitrogens is 2. The van der Waals surface area contributed by atoms with Crippen molar-refractivity contribution in [3.63, 3.8) is 0 Å². The Hall–Kier alpha value is -8.28. The summed E-state index contributed by atoms with van der Waals surface area (Å²) in [6.07, 6.45) is 1.68. The van der Waals surface area contributed by atoms with Crippen LogP contribution in [0.1, 0.15) is 2.74 Å². The summed E-state index contributed by atoms with van der Waals surface area (Å²) in [7, 11) is 0. The molecule has 63 heavy (non-hydrogen) atoms. The lowest BCUT2D eigenvalue weighted by Gasteiger charge is -2.44. The van der Waals surface area contributed by atoms with Crippen LogP contribution in [0.4, 0.5) is 34.1 Å². The third kappa shape index (κ3) is 6.24. The highest BCUT2D eigenvalue weighted by Gasteiger charge is 2.43. The maximum absolute atomic E-state index is 9.02. The zero-order valence-corrected chi connectivity index (χ0v) is 34.2. The van der Waals surface area contributed by atoms with Gasteiger partial charge in [0.2, 0.25) is 0 Å². The molecular formula is C58H39BN4. The summed E-state index contributed by atoms with van der Waals surface area (Å²) >= 11 is 0. The predicted octanol–water partition coefficient (Wildman–Crippen LogP) is 12.9. The maximum Gasteiger partial charge on any atom is 0.252 e. The SMILES string of the molecule is [2H]c1ccc2c(c1)B1c3cc([2H])ccc3N(c3ccc(-c4ccccc4)cc3)c3cc(-c4c(-c5ccccc5)ncnc4-c4ccccc4)cc(c31)N2c1ccc(-c2ccccc2)cc1. The first-order chi connectivity index (χ1) is 32.1. The minimum atomic E-state index is -0.261. The van der Waals surface area contributed by atoms with Gasteiger partial charge in [-0.25, -0.2) is 9.97 Å². The highest BCUT2D eigenvalue weighted by Crippen LogP contribution is 2.48. The molecule has 3 heterocycles. The normalized spacial score (nSPS) is 12.8. The van der Waals surface area contributed by atoms with E-state index in [-0.39, 0.29) is 6.71 Å². The van der Waals surface area contributed by atoms with Crippen molar-refractivity contribution in [2.75, 3.05) is 9.80 Å². The zero-order valence-electron chi connectivity index (χ0n) is 36.2. The summed E-state index contributed by atoms with van der Waals surface area (Å²) < 4.78 is 18.0. The largest absolute Gasteiger partial charge is 0.311 e. The Morgan fingerprint density at radius 3 is 1.14 bits per heavy atom. The van der Waals surface area contributed by atoms with Crippen molar-refractivity contribution >= 4 is 57.2 Å². The van der Waals surface area contributed by atoms with E-state index in [2.05, 4.69) is 180 Å². The minimum Gasteiger partial charge on any atom is -0.311 e. The highest BCUT2D eigenvalue weighted by atomic mass is 15.2. The number of rotatable bonds is 7. The molecule has 294 valence electrons. The molecule has 10 aromatic rings. The first-order valence-corrected chi connectivity index (χ1v) is 21.3. The number of nitrogens with zero attached hydrogens (tertiary/aromatic N) is 4. The van der Waals surface area contributed by atoms with Crippen LogP contribution in [0, 0.1) is 0 Å². The van der Waals surface area contributed by atoms with Gasteiger partial charge in [0.25, 0.3) is 6.71 Å². The van der Waals surface area contributed by atoms with E-state index in [1.165, 1.54) is 0 Å². The molecule has 0 unspecified atom stereocenters. The first-order valence-electron chi connectivity index (χ1n) is 22.3. The summed E-state index contributed by atoms with van der Waals surface area (Å²) in [6.45, 7) is -0.261. The maximum atomic E-state index is 9.02. The van der Waals surface area contributed by atoms with E-state index in [9.17, 15) is 0 Å². The van der Waals surface area contributed by atoms with Crippen LogP contribution in [0.25, 0.3) is 55.9 Å². The summed E-state index contributed by atoms with van der Waals surface area (Å²) in [6, 6.07) is 76.8. The standard InChI is InChI=1S/C58H39BN4/c1-5-17-40(18-6-1)42-29-33-47(34-30-42)62-51-27-15-13-25-49(51)59-50-26-14-16-28-52(50)63(48-35-31-43(32-36-48)41-19-7-2-8-20-41)54-38-46(37-53(62)56(54)59)55-57(44-21-9-3-10-22-44)60-39-61-58(55)45-23-11-4-12-24-45/h1-39H/i13D,14D. The van der Waals surface area contributed by atoms with Crippen molar-refractivity contribution in [1.82, 2.24) is 9.97 Å². The molecule has 4 nitrogen and oxygen atoms in total. The monoisotopic (exact) mass is 804 g/mol. The molecule has 0 spiro atoms. The van der Waals surface area contributed by atoms with Gasteiger partial charge < -0.3 is 9.80 Å². The lowest BCUT2D eigenvalue weighted by molar-refractivity contribution is 1.18.